The van der Waals surface area contributed by atoms with Crippen LogP contribution in [-0.2, 0) is 0 Å². The SMILES string of the molecule is Cc1cc(F)c(Br)cc1-n1nncc1C(=O)O. The minimum absolute atomic E-state index is 0.0772. The fourth-order valence-electron chi connectivity index (χ4n) is 1.42. The molecule has 0 aliphatic carbocycles. The van der Waals surface area contributed by atoms with Crippen LogP contribution in [0.3, 0.4) is 0 Å². The van der Waals surface area contributed by atoms with Crippen LogP contribution in [0.4, 0.5) is 4.39 Å². The summed E-state index contributed by atoms with van der Waals surface area (Å²) in [5.41, 5.74) is 0.957. The van der Waals surface area contributed by atoms with Crippen molar-refractivity contribution in [2.75, 3.05) is 0 Å². The largest absolute Gasteiger partial charge is 0.476 e. The maximum atomic E-state index is 13.3. The van der Waals surface area contributed by atoms with Crippen molar-refractivity contribution in [1.82, 2.24) is 15.0 Å². The fourth-order valence-corrected chi connectivity index (χ4v) is 1.75. The smallest absolute Gasteiger partial charge is 0.356 e. The van der Waals surface area contributed by atoms with Crippen molar-refractivity contribution in [3.63, 3.8) is 0 Å². The lowest BCUT2D eigenvalue weighted by Crippen LogP contribution is -2.09. The standard InChI is InChI=1S/C10H7BrFN3O2/c1-5-2-7(12)6(11)3-8(5)15-9(10(16)17)4-13-14-15/h2-4H,1H3,(H,16,17). The van der Waals surface area contributed by atoms with Gasteiger partial charge in [-0.3, -0.25) is 0 Å². The van der Waals surface area contributed by atoms with E-state index < -0.39 is 11.8 Å². The molecule has 1 aromatic carbocycles. The van der Waals surface area contributed by atoms with Crippen molar-refractivity contribution in [2.24, 2.45) is 0 Å². The number of aryl methyl sites for hydroxylation is 1. The van der Waals surface area contributed by atoms with E-state index in [9.17, 15) is 9.18 Å². The quantitative estimate of drug-likeness (QED) is 0.923. The van der Waals surface area contributed by atoms with Crippen LogP contribution in [0, 0.1) is 12.7 Å². The first kappa shape index (κ1) is 11.7. The van der Waals surface area contributed by atoms with E-state index in [4.69, 9.17) is 5.11 Å². The number of aromatic carboxylic acids is 1. The van der Waals surface area contributed by atoms with Crippen molar-refractivity contribution in [3.8, 4) is 5.69 Å². The monoisotopic (exact) mass is 299 g/mol. The number of hydrogen-bond donors (Lipinski definition) is 1. The molecule has 7 heteroatoms. The van der Waals surface area contributed by atoms with Gasteiger partial charge in [-0.2, -0.15) is 0 Å². The number of rotatable bonds is 2. The van der Waals surface area contributed by atoms with Gasteiger partial charge in [0.2, 0.25) is 0 Å². The number of carbonyl (C=O) groups is 1. The summed E-state index contributed by atoms with van der Waals surface area (Å²) in [6.07, 6.45) is 1.14. The highest BCUT2D eigenvalue weighted by Gasteiger charge is 2.16. The molecule has 0 fully saturated rings. The van der Waals surface area contributed by atoms with Gasteiger partial charge in [0.15, 0.2) is 5.69 Å². The summed E-state index contributed by atoms with van der Waals surface area (Å²) >= 11 is 3.04. The first-order valence-electron chi connectivity index (χ1n) is 4.60. The van der Waals surface area contributed by atoms with Crippen LogP contribution in [0.2, 0.25) is 0 Å². The molecule has 1 aromatic heterocycles. The third-order valence-electron chi connectivity index (χ3n) is 2.24. The van der Waals surface area contributed by atoms with E-state index in [2.05, 4.69) is 26.2 Å². The highest BCUT2D eigenvalue weighted by Crippen LogP contribution is 2.23. The maximum Gasteiger partial charge on any atom is 0.356 e. The molecular formula is C10H7BrFN3O2. The van der Waals surface area contributed by atoms with Crippen molar-refractivity contribution < 1.29 is 14.3 Å². The molecule has 17 heavy (non-hydrogen) atoms. The lowest BCUT2D eigenvalue weighted by molar-refractivity contribution is 0.0687. The number of carboxylic acids is 1. The summed E-state index contributed by atoms with van der Waals surface area (Å²) in [6, 6.07) is 2.76. The van der Waals surface area contributed by atoms with E-state index in [1.165, 1.54) is 12.1 Å². The highest BCUT2D eigenvalue weighted by atomic mass is 79.9. The maximum absolute atomic E-state index is 13.3. The lowest BCUT2D eigenvalue weighted by atomic mass is 10.2. The first-order chi connectivity index (χ1) is 8.00. The van der Waals surface area contributed by atoms with Gasteiger partial charge in [0.25, 0.3) is 0 Å². The Morgan fingerprint density at radius 1 is 1.53 bits per heavy atom. The van der Waals surface area contributed by atoms with Crippen molar-refractivity contribution in [1.29, 1.82) is 0 Å². The molecule has 5 nitrogen and oxygen atoms in total. The van der Waals surface area contributed by atoms with E-state index in [1.807, 2.05) is 0 Å². The van der Waals surface area contributed by atoms with E-state index in [-0.39, 0.29) is 10.2 Å². The van der Waals surface area contributed by atoms with Gasteiger partial charge in [-0.15, -0.1) is 5.10 Å². The van der Waals surface area contributed by atoms with Gasteiger partial charge in [0, 0.05) is 0 Å². The zero-order chi connectivity index (χ0) is 12.6. The molecule has 88 valence electrons. The van der Waals surface area contributed by atoms with Crippen LogP contribution in [-0.4, -0.2) is 26.1 Å². The Balaban J connectivity index is 2.64. The molecule has 1 heterocycles. The van der Waals surface area contributed by atoms with Gasteiger partial charge in [0.05, 0.1) is 16.4 Å². The number of nitrogens with zero attached hydrogens (tertiary/aromatic N) is 3. The van der Waals surface area contributed by atoms with Crippen molar-refractivity contribution >= 4 is 21.9 Å². The molecule has 0 amide bonds. The fraction of sp³-hybridized carbons (Fsp3) is 0.100. The molecular weight excluding hydrogens is 293 g/mol. The summed E-state index contributed by atoms with van der Waals surface area (Å²) in [5.74, 6) is -1.56. The summed E-state index contributed by atoms with van der Waals surface area (Å²) in [4.78, 5) is 10.9. The lowest BCUT2D eigenvalue weighted by Gasteiger charge is -2.08. The van der Waals surface area contributed by atoms with Gasteiger partial charge in [-0.25, -0.2) is 13.9 Å². The topological polar surface area (TPSA) is 68.0 Å². The predicted molar refractivity (Wildman–Crippen MR) is 60.7 cm³/mol. The zero-order valence-electron chi connectivity index (χ0n) is 8.69. The molecule has 1 N–H and O–H groups in total. The number of halogens is 2. The summed E-state index contributed by atoms with van der Waals surface area (Å²) < 4.78 is 14.6. The molecule has 0 spiro atoms. The molecule has 2 aromatic rings. The third-order valence-corrected chi connectivity index (χ3v) is 2.84. The number of benzene rings is 1. The minimum Gasteiger partial charge on any atom is -0.476 e. The zero-order valence-corrected chi connectivity index (χ0v) is 10.3. The Labute approximate surface area is 104 Å². The van der Waals surface area contributed by atoms with Gasteiger partial charge in [-0.1, -0.05) is 5.21 Å². The predicted octanol–water partition coefficient (Wildman–Crippen LogP) is 2.18. The molecule has 0 saturated heterocycles. The Morgan fingerprint density at radius 3 is 2.88 bits per heavy atom. The second-order valence-electron chi connectivity index (χ2n) is 3.39. The number of carboxylic acid groups (broad SMARTS) is 1. The second-order valence-corrected chi connectivity index (χ2v) is 4.24. The number of aromatic nitrogens is 3. The normalized spacial score (nSPS) is 10.5. The van der Waals surface area contributed by atoms with Gasteiger partial charge >= 0.3 is 5.97 Å². The molecule has 2 rings (SSSR count). The van der Waals surface area contributed by atoms with Crippen LogP contribution >= 0.6 is 15.9 Å². The molecule has 0 unspecified atom stereocenters. The molecule has 0 aliphatic heterocycles. The minimum atomic E-state index is -1.14. The first-order valence-corrected chi connectivity index (χ1v) is 5.40. The van der Waals surface area contributed by atoms with Crippen molar-refractivity contribution in [3.05, 3.63) is 39.9 Å². The summed E-state index contributed by atoms with van der Waals surface area (Å²) in [7, 11) is 0. The average molecular weight is 300 g/mol. The summed E-state index contributed by atoms with van der Waals surface area (Å²) in [6.45, 7) is 1.66. The van der Waals surface area contributed by atoms with Crippen LogP contribution in [0.5, 0.6) is 0 Å². The Bertz CT molecular complexity index is 597. The van der Waals surface area contributed by atoms with Crippen LogP contribution in [0.25, 0.3) is 5.69 Å². The van der Waals surface area contributed by atoms with E-state index in [0.29, 0.717) is 11.3 Å². The Kier molecular flexibility index (Phi) is 2.93. The Morgan fingerprint density at radius 2 is 2.24 bits per heavy atom. The molecule has 0 bridgehead atoms. The number of hydrogen-bond acceptors (Lipinski definition) is 3. The van der Waals surface area contributed by atoms with E-state index in [0.717, 1.165) is 10.9 Å². The van der Waals surface area contributed by atoms with Crippen molar-refractivity contribution in [2.45, 2.75) is 6.92 Å². The van der Waals surface area contributed by atoms with E-state index in [1.54, 1.807) is 6.92 Å². The third kappa shape index (κ3) is 2.05. The Hall–Kier alpha value is -1.76. The van der Waals surface area contributed by atoms with Gasteiger partial charge < -0.3 is 5.11 Å². The van der Waals surface area contributed by atoms with Crippen LogP contribution in [0.15, 0.2) is 22.8 Å². The van der Waals surface area contributed by atoms with Gasteiger partial charge in [-0.05, 0) is 40.5 Å². The van der Waals surface area contributed by atoms with Crippen LogP contribution < -0.4 is 0 Å². The van der Waals surface area contributed by atoms with Gasteiger partial charge in [0.1, 0.15) is 5.82 Å². The summed E-state index contributed by atoms with van der Waals surface area (Å²) in [5, 5.41) is 16.2. The second kappa shape index (κ2) is 4.25. The molecule has 0 atom stereocenters. The average Bonchev–Trinajstić information content (AvgIpc) is 2.72. The molecule has 0 aliphatic rings. The highest BCUT2D eigenvalue weighted by molar-refractivity contribution is 9.10. The van der Waals surface area contributed by atoms with Crippen LogP contribution in [0.1, 0.15) is 16.1 Å². The molecule has 0 radical (unpaired) electrons. The molecule has 0 saturated carbocycles. The van der Waals surface area contributed by atoms with E-state index >= 15 is 0 Å².